The van der Waals surface area contributed by atoms with Crippen LogP contribution in [0.5, 0.6) is 5.75 Å². The first kappa shape index (κ1) is 15.3. The minimum Gasteiger partial charge on any atom is -0.496 e. The number of aliphatic hydroxyl groups is 1. The Balaban J connectivity index is 2.45. The van der Waals surface area contributed by atoms with Gasteiger partial charge in [-0.1, -0.05) is 38.0 Å². The maximum Gasteiger partial charge on any atom is 0.124 e. The fraction of sp³-hybridized carbons (Fsp3) is 0.647. The van der Waals surface area contributed by atoms with Crippen molar-refractivity contribution in [2.75, 3.05) is 13.7 Å². The molecule has 0 saturated heterocycles. The average Bonchev–Trinajstić information content (AvgIpc) is 2.46. The zero-order chi connectivity index (χ0) is 14.8. The summed E-state index contributed by atoms with van der Waals surface area (Å²) in [7, 11) is 1.65. The lowest BCUT2D eigenvalue weighted by Crippen LogP contribution is -2.51. The highest BCUT2D eigenvalue weighted by Crippen LogP contribution is 2.52. The molecule has 0 amide bonds. The van der Waals surface area contributed by atoms with E-state index in [-0.39, 0.29) is 5.41 Å². The molecule has 3 heteroatoms. The quantitative estimate of drug-likeness (QED) is 0.889. The first-order valence-corrected chi connectivity index (χ1v) is 7.53. The number of hydrogen-bond acceptors (Lipinski definition) is 3. The highest BCUT2D eigenvalue weighted by atomic mass is 16.5. The maximum atomic E-state index is 11.3. The molecular weight excluding hydrogens is 250 g/mol. The third kappa shape index (κ3) is 2.45. The van der Waals surface area contributed by atoms with Crippen LogP contribution >= 0.6 is 0 Å². The summed E-state index contributed by atoms with van der Waals surface area (Å²) < 4.78 is 5.44. The number of benzene rings is 1. The van der Waals surface area contributed by atoms with Crippen molar-refractivity contribution in [3.63, 3.8) is 0 Å². The Morgan fingerprint density at radius 3 is 2.75 bits per heavy atom. The molecule has 0 aromatic heterocycles. The van der Waals surface area contributed by atoms with Crippen molar-refractivity contribution in [3.8, 4) is 5.75 Å². The van der Waals surface area contributed by atoms with Gasteiger partial charge in [0.1, 0.15) is 5.75 Å². The minimum atomic E-state index is -0.969. The van der Waals surface area contributed by atoms with E-state index in [4.69, 9.17) is 10.5 Å². The van der Waals surface area contributed by atoms with Gasteiger partial charge in [-0.25, -0.2) is 0 Å². The predicted octanol–water partition coefficient (Wildman–Crippen LogP) is 3.06. The molecule has 0 spiro atoms. The molecule has 1 aromatic carbocycles. The van der Waals surface area contributed by atoms with E-state index in [2.05, 4.69) is 6.92 Å². The lowest BCUT2D eigenvalue weighted by molar-refractivity contribution is -0.102. The zero-order valence-corrected chi connectivity index (χ0v) is 12.9. The Hall–Kier alpha value is -1.06. The lowest BCUT2D eigenvalue weighted by atomic mass is 9.59. The highest BCUT2D eigenvalue weighted by Gasteiger charge is 2.50. The van der Waals surface area contributed by atoms with Crippen LogP contribution < -0.4 is 10.5 Å². The van der Waals surface area contributed by atoms with Crippen LogP contribution in [0.3, 0.4) is 0 Å². The van der Waals surface area contributed by atoms with Crippen LogP contribution in [0.15, 0.2) is 24.3 Å². The molecule has 3 unspecified atom stereocenters. The van der Waals surface area contributed by atoms with E-state index in [1.54, 1.807) is 7.11 Å². The van der Waals surface area contributed by atoms with Crippen LogP contribution in [0.1, 0.15) is 45.1 Å². The van der Waals surface area contributed by atoms with Crippen LogP contribution in [0, 0.1) is 11.3 Å². The van der Waals surface area contributed by atoms with Gasteiger partial charge in [0.2, 0.25) is 0 Å². The third-order valence-electron chi connectivity index (χ3n) is 5.15. The van der Waals surface area contributed by atoms with Gasteiger partial charge in [-0.2, -0.15) is 0 Å². The Morgan fingerprint density at radius 1 is 1.45 bits per heavy atom. The van der Waals surface area contributed by atoms with E-state index >= 15 is 0 Å². The molecule has 1 aromatic rings. The van der Waals surface area contributed by atoms with Crippen LogP contribution in [-0.4, -0.2) is 18.8 Å². The Bertz CT molecular complexity index is 458. The van der Waals surface area contributed by atoms with Crippen molar-refractivity contribution < 1.29 is 9.84 Å². The van der Waals surface area contributed by atoms with Crippen molar-refractivity contribution >= 4 is 0 Å². The van der Waals surface area contributed by atoms with Gasteiger partial charge in [-0.3, -0.25) is 0 Å². The van der Waals surface area contributed by atoms with E-state index in [0.717, 1.165) is 30.6 Å². The van der Waals surface area contributed by atoms with Crippen LogP contribution in [0.4, 0.5) is 0 Å². The summed E-state index contributed by atoms with van der Waals surface area (Å²) in [5.74, 6) is 1.34. The third-order valence-corrected chi connectivity index (χ3v) is 5.15. The van der Waals surface area contributed by atoms with Crippen molar-refractivity contribution in [2.24, 2.45) is 17.1 Å². The Morgan fingerprint density at radius 2 is 2.15 bits per heavy atom. The number of rotatable bonds is 4. The normalized spacial score (nSPS) is 29.8. The van der Waals surface area contributed by atoms with Gasteiger partial charge in [-0.05, 0) is 31.7 Å². The molecule has 112 valence electrons. The Labute approximate surface area is 122 Å². The second kappa shape index (κ2) is 5.74. The molecule has 0 bridgehead atoms. The van der Waals surface area contributed by atoms with Crippen molar-refractivity contribution in [1.82, 2.24) is 0 Å². The molecule has 1 saturated carbocycles. The summed E-state index contributed by atoms with van der Waals surface area (Å²) in [5, 5.41) is 11.3. The van der Waals surface area contributed by atoms with Gasteiger partial charge < -0.3 is 15.6 Å². The number of methoxy groups -OCH3 is 1. The number of ether oxygens (including phenoxy) is 1. The van der Waals surface area contributed by atoms with Gasteiger partial charge in [0.15, 0.2) is 0 Å². The molecule has 1 fully saturated rings. The van der Waals surface area contributed by atoms with Gasteiger partial charge in [0, 0.05) is 17.5 Å². The standard InChI is InChI=1S/C17H27NO2/c1-13-7-6-10-17(11-13,12-18)16(2,19)14-8-4-5-9-15(14)20-3/h4-5,8-9,13,19H,6-7,10-12,18H2,1-3H3. The van der Waals surface area contributed by atoms with Gasteiger partial charge in [0.05, 0.1) is 12.7 Å². The van der Waals surface area contributed by atoms with Gasteiger partial charge in [0.25, 0.3) is 0 Å². The molecule has 3 atom stereocenters. The second-order valence-electron chi connectivity index (χ2n) is 6.46. The predicted molar refractivity (Wildman–Crippen MR) is 81.7 cm³/mol. The van der Waals surface area contributed by atoms with E-state index in [1.165, 1.54) is 6.42 Å². The van der Waals surface area contributed by atoms with Crippen LogP contribution in [0.2, 0.25) is 0 Å². The van der Waals surface area contributed by atoms with Crippen molar-refractivity contribution in [3.05, 3.63) is 29.8 Å². The maximum absolute atomic E-state index is 11.3. The number of hydrogen-bond donors (Lipinski definition) is 2. The number of nitrogens with two attached hydrogens (primary N) is 1. The summed E-state index contributed by atoms with van der Waals surface area (Å²) in [5.41, 5.74) is 5.73. The van der Waals surface area contributed by atoms with Crippen LogP contribution in [-0.2, 0) is 5.60 Å². The molecule has 1 aliphatic carbocycles. The molecule has 3 N–H and O–H groups in total. The molecule has 0 radical (unpaired) electrons. The van der Waals surface area contributed by atoms with E-state index in [9.17, 15) is 5.11 Å². The van der Waals surface area contributed by atoms with Gasteiger partial charge in [-0.15, -0.1) is 0 Å². The summed E-state index contributed by atoms with van der Waals surface area (Å²) in [4.78, 5) is 0. The summed E-state index contributed by atoms with van der Waals surface area (Å²) >= 11 is 0. The van der Waals surface area contributed by atoms with Gasteiger partial charge >= 0.3 is 0 Å². The molecule has 3 nitrogen and oxygen atoms in total. The lowest BCUT2D eigenvalue weighted by Gasteiger charge is -2.49. The summed E-state index contributed by atoms with van der Waals surface area (Å²) in [6.07, 6.45) is 4.29. The van der Waals surface area contributed by atoms with E-state index in [1.807, 2.05) is 31.2 Å². The molecule has 20 heavy (non-hydrogen) atoms. The van der Waals surface area contributed by atoms with Crippen LogP contribution in [0.25, 0.3) is 0 Å². The zero-order valence-electron chi connectivity index (χ0n) is 12.9. The molecular formula is C17H27NO2. The SMILES string of the molecule is COc1ccccc1C(C)(O)C1(CN)CCCC(C)C1. The van der Waals surface area contributed by atoms with Crippen molar-refractivity contribution in [1.29, 1.82) is 0 Å². The fourth-order valence-electron chi connectivity index (χ4n) is 3.82. The monoisotopic (exact) mass is 277 g/mol. The first-order chi connectivity index (χ1) is 9.47. The van der Waals surface area contributed by atoms with Crippen molar-refractivity contribution in [2.45, 2.75) is 45.1 Å². The molecule has 0 heterocycles. The highest BCUT2D eigenvalue weighted by molar-refractivity contribution is 5.39. The smallest absolute Gasteiger partial charge is 0.124 e. The Kier molecular flexibility index (Phi) is 4.40. The summed E-state index contributed by atoms with van der Waals surface area (Å²) in [6.45, 7) is 4.65. The molecule has 1 aliphatic rings. The van der Waals surface area contributed by atoms with E-state index < -0.39 is 5.60 Å². The van der Waals surface area contributed by atoms with E-state index in [0.29, 0.717) is 12.5 Å². The molecule has 0 aliphatic heterocycles. The number of para-hydroxylation sites is 1. The summed E-state index contributed by atoms with van der Waals surface area (Å²) in [6, 6.07) is 7.73. The average molecular weight is 277 g/mol. The fourth-order valence-corrected chi connectivity index (χ4v) is 3.82. The largest absolute Gasteiger partial charge is 0.496 e. The first-order valence-electron chi connectivity index (χ1n) is 7.53. The molecule has 2 rings (SSSR count). The topological polar surface area (TPSA) is 55.5 Å². The minimum absolute atomic E-state index is 0.265. The second-order valence-corrected chi connectivity index (χ2v) is 6.46.